The Labute approximate surface area is 153 Å². The molecule has 2 nitrogen and oxygen atoms in total. The molecule has 0 aliphatic heterocycles. The number of aromatic nitrogens is 2. The number of pyridine rings is 1. The van der Waals surface area contributed by atoms with E-state index < -0.39 is 0 Å². The number of rotatable bonds is 3. The minimum absolute atomic E-state index is 0. The molecule has 0 unspecified atom stereocenters. The van der Waals surface area contributed by atoms with Crippen LogP contribution in [-0.2, 0) is 6.54 Å². The molecular weight excluding hydrogens is 395 g/mol. The Morgan fingerprint density at radius 2 is 1.65 bits per heavy atom. The average Bonchev–Trinajstić information content (AvgIpc) is 2.94. The first-order valence-electron chi connectivity index (χ1n) is 8.13. The van der Waals surface area contributed by atoms with Crippen LogP contribution in [0.1, 0.15) is 25.3 Å². The molecular formula is C20H21IN2. The zero-order valence-electron chi connectivity index (χ0n) is 13.6. The number of nitrogens with one attached hydrogen (secondary N) is 1. The second-order valence-corrected chi connectivity index (χ2v) is 6.04. The van der Waals surface area contributed by atoms with Gasteiger partial charge in [-0.3, -0.25) is 0 Å². The second-order valence-electron chi connectivity index (χ2n) is 6.04. The first-order valence-corrected chi connectivity index (χ1v) is 8.13. The molecule has 2 aromatic heterocycles. The van der Waals surface area contributed by atoms with Crippen LogP contribution in [0.2, 0.25) is 0 Å². The van der Waals surface area contributed by atoms with E-state index in [1.165, 1.54) is 51.2 Å². The third-order valence-electron chi connectivity index (χ3n) is 4.67. The van der Waals surface area contributed by atoms with Crippen LogP contribution in [0.5, 0.6) is 0 Å². The highest BCUT2D eigenvalue weighted by atomic mass is 127. The lowest BCUT2D eigenvalue weighted by atomic mass is 10.0. The number of benzene rings is 2. The summed E-state index contributed by atoms with van der Waals surface area (Å²) in [6.07, 6.45) is 2.40. The summed E-state index contributed by atoms with van der Waals surface area (Å²) < 4.78 is 2.46. The largest absolute Gasteiger partial charge is 1.00 e. The maximum Gasteiger partial charge on any atom is 0.288 e. The standard InChI is InChI=1S/C20H20N2.HI/c1-3-4-13-22-18-12-8-6-9-15(18)14(2)19-16-10-5-7-11-17(16)21-20(19)22;/h5-12H,3-4,13H2,1-2H3;1H. The summed E-state index contributed by atoms with van der Waals surface area (Å²) in [5.74, 6) is 0. The van der Waals surface area contributed by atoms with E-state index in [2.05, 4.69) is 71.9 Å². The van der Waals surface area contributed by atoms with Crippen LogP contribution < -0.4 is 28.5 Å². The Kier molecular flexibility index (Phi) is 4.57. The van der Waals surface area contributed by atoms with Crippen LogP contribution in [0.4, 0.5) is 0 Å². The van der Waals surface area contributed by atoms with Gasteiger partial charge in [-0.25, -0.2) is 9.55 Å². The topological polar surface area (TPSA) is 19.7 Å². The fraction of sp³-hybridized carbons (Fsp3) is 0.250. The summed E-state index contributed by atoms with van der Waals surface area (Å²) in [5.41, 5.74) is 5.18. The maximum absolute atomic E-state index is 3.65. The Morgan fingerprint density at radius 1 is 0.957 bits per heavy atom. The SMILES string of the molecule is CCCC[n+]1c2ccccc2c(C)c2c3ccccc3[nH]c21.[I-]. The quantitative estimate of drug-likeness (QED) is 0.389. The zero-order valence-corrected chi connectivity index (χ0v) is 15.7. The lowest BCUT2D eigenvalue weighted by Gasteiger charge is -2.09. The molecule has 0 radical (unpaired) electrons. The van der Waals surface area contributed by atoms with Crippen molar-refractivity contribution in [1.82, 2.24) is 4.98 Å². The van der Waals surface area contributed by atoms with E-state index in [0.29, 0.717) is 0 Å². The van der Waals surface area contributed by atoms with Crippen molar-refractivity contribution < 1.29 is 28.5 Å². The smallest absolute Gasteiger partial charge is 0.288 e. The van der Waals surface area contributed by atoms with Gasteiger partial charge in [-0.1, -0.05) is 43.7 Å². The molecule has 0 fully saturated rings. The normalized spacial score (nSPS) is 11.2. The van der Waals surface area contributed by atoms with E-state index in [4.69, 9.17) is 0 Å². The number of unbranched alkanes of at least 4 members (excludes halogenated alkanes) is 1. The number of halogens is 1. The van der Waals surface area contributed by atoms with Crippen molar-refractivity contribution >= 4 is 32.8 Å². The highest BCUT2D eigenvalue weighted by molar-refractivity contribution is 6.10. The van der Waals surface area contributed by atoms with E-state index in [1.54, 1.807) is 0 Å². The molecule has 0 bridgehead atoms. The van der Waals surface area contributed by atoms with Crippen molar-refractivity contribution in [2.45, 2.75) is 33.2 Å². The minimum atomic E-state index is 0. The summed E-state index contributed by atoms with van der Waals surface area (Å²) in [7, 11) is 0. The maximum atomic E-state index is 3.65. The Hall–Kier alpha value is -1.62. The van der Waals surface area contributed by atoms with Gasteiger partial charge >= 0.3 is 0 Å². The van der Waals surface area contributed by atoms with Gasteiger partial charge in [-0.05, 0) is 37.1 Å². The Bertz CT molecular complexity index is 985. The lowest BCUT2D eigenvalue weighted by molar-refractivity contribution is -0.647. The van der Waals surface area contributed by atoms with Crippen molar-refractivity contribution in [3.8, 4) is 0 Å². The van der Waals surface area contributed by atoms with Crippen LogP contribution in [0.25, 0.3) is 32.8 Å². The van der Waals surface area contributed by atoms with E-state index in [-0.39, 0.29) is 24.0 Å². The number of fused-ring (bicyclic) bond motifs is 4. The molecule has 2 aromatic carbocycles. The molecule has 0 amide bonds. The van der Waals surface area contributed by atoms with Crippen molar-refractivity contribution in [3.05, 3.63) is 54.1 Å². The monoisotopic (exact) mass is 416 g/mol. The first-order chi connectivity index (χ1) is 10.8. The number of nitrogens with zero attached hydrogens (tertiary/aromatic N) is 1. The fourth-order valence-electron chi connectivity index (χ4n) is 3.54. The number of H-pyrrole nitrogens is 1. The third-order valence-corrected chi connectivity index (χ3v) is 4.67. The summed E-state index contributed by atoms with van der Waals surface area (Å²) >= 11 is 0. The number of aromatic amines is 1. The summed E-state index contributed by atoms with van der Waals surface area (Å²) in [4.78, 5) is 3.65. The molecule has 118 valence electrons. The molecule has 4 rings (SSSR count). The van der Waals surface area contributed by atoms with Gasteiger partial charge in [0.05, 0.1) is 11.9 Å². The van der Waals surface area contributed by atoms with Crippen LogP contribution in [0.3, 0.4) is 0 Å². The molecule has 23 heavy (non-hydrogen) atoms. The molecule has 0 spiro atoms. The molecule has 0 saturated heterocycles. The Balaban J connectivity index is 0.00000156. The van der Waals surface area contributed by atoms with E-state index >= 15 is 0 Å². The van der Waals surface area contributed by atoms with Crippen LogP contribution >= 0.6 is 0 Å². The molecule has 0 atom stereocenters. The molecule has 3 heteroatoms. The fourth-order valence-corrected chi connectivity index (χ4v) is 3.54. The number of hydrogen-bond acceptors (Lipinski definition) is 0. The van der Waals surface area contributed by atoms with Gasteiger partial charge in [0.25, 0.3) is 5.65 Å². The van der Waals surface area contributed by atoms with Gasteiger partial charge in [-0.2, -0.15) is 0 Å². The van der Waals surface area contributed by atoms with E-state index in [9.17, 15) is 0 Å². The second kappa shape index (κ2) is 6.48. The van der Waals surface area contributed by atoms with Gasteiger partial charge in [0.15, 0.2) is 0 Å². The summed E-state index contributed by atoms with van der Waals surface area (Å²) in [6, 6.07) is 17.4. The van der Waals surface area contributed by atoms with E-state index in [1.807, 2.05) is 0 Å². The van der Waals surface area contributed by atoms with Crippen LogP contribution in [-0.4, -0.2) is 4.98 Å². The number of aryl methyl sites for hydroxylation is 2. The van der Waals surface area contributed by atoms with Crippen molar-refractivity contribution in [2.24, 2.45) is 0 Å². The van der Waals surface area contributed by atoms with Gasteiger partial charge < -0.3 is 24.0 Å². The molecule has 0 saturated carbocycles. The van der Waals surface area contributed by atoms with Crippen molar-refractivity contribution in [3.63, 3.8) is 0 Å². The molecule has 2 heterocycles. The summed E-state index contributed by atoms with van der Waals surface area (Å²) in [6.45, 7) is 5.55. The van der Waals surface area contributed by atoms with Crippen LogP contribution in [0.15, 0.2) is 48.5 Å². The predicted molar refractivity (Wildman–Crippen MR) is 93.2 cm³/mol. The Morgan fingerprint density at radius 3 is 2.43 bits per heavy atom. The average molecular weight is 416 g/mol. The van der Waals surface area contributed by atoms with Gasteiger partial charge in [0.1, 0.15) is 11.0 Å². The number of hydrogen-bond donors (Lipinski definition) is 1. The van der Waals surface area contributed by atoms with Gasteiger partial charge in [-0.15, -0.1) is 0 Å². The minimum Gasteiger partial charge on any atom is -1.00 e. The zero-order chi connectivity index (χ0) is 15.1. The van der Waals surface area contributed by atoms with Gasteiger partial charge in [0.2, 0.25) is 0 Å². The van der Waals surface area contributed by atoms with Gasteiger partial charge in [0, 0.05) is 10.8 Å². The molecule has 4 aromatic rings. The molecule has 0 aliphatic rings. The predicted octanol–water partition coefficient (Wildman–Crippen LogP) is 1.87. The van der Waals surface area contributed by atoms with Crippen molar-refractivity contribution in [1.29, 1.82) is 0 Å². The highest BCUT2D eigenvalue weighted by Crippen LogP contribution is 2.30. The highest BCUT2D eigenvalue weighted by Gasteiger charge is 2.20. The first kappa shape index (κ1) is 16.2. The summed E-state index contributed by atoms with van der Waals surface area (Å²) in [5, 5.41) is 4.05. The molecule has 1 N–H and O–H groups in total. The van der Waals surface area contributed by atoms with Crippen molar-refractivity contribution in [2.75, 3.05) is 0 Å². The third kappa shape index (κ3) is 2.51. The molecule has 0 aliphatic carbocycles. The lowest BCUT2D eigenvalue weighted by Crippen LogP contribution is -3.00. The number of para-hydroxylation sites is 2. The van der Waals surface area contributed by atoms with E-state index in [0.717, 1.165) is 6.54 Å². The van der Waals surface area contributed by atoms with Crippen LogP contribution in [0, 0.1) is 6.92 Å².